The van der Waals surface area contributed by atoms with E-state index in [9.17, 15) is 4.39 Å². The Morgan fingerprint density at radius 3 is 3.00 bits per heavy atom. The summed E-state index contributed by atoms with van der Waals surface area (Å²) in [6, 6.07) is 4.74. The number of aromatic nitrogens is 2. The normalized spacial score (nSPS) is 10.5. The molecule has 1 heterocycles. The van der Waals surface area contributed by atoms with Gasteiger partial charge in [-0.3, -0.25) is 0 Å². The molecule has 1 aromatic carbocycles. The van der Waals surface area contributed by atoms with Gasteiger partial charge >= 0.3 is 0 Å². The van der Waals surface area contributed by atoms with Crippen LogP contribution in [0.25, 0.3) is 10.9 Å². The van der Waals surface area contributed by atoms with Gasteiger partial charge in [0.2, 0.25) is 0 Å². The van der Waals surface area contributed by atoms with Crippen LogP contribution in [0.15, 0.2) is 28.9 Å². The summed E-state index contributed by atoms with van der Waals surface area (Å²) in [6.07, 6.45) is 1.47. The maximum atomic E-state index is 13.1. The first-order chi connectivity index (χ1) is 5.77. The predicted octanol–water partition coefficient (Wildman–Crippen LogP) is 2.53. The first kappa shape index (κ1) is 7.61. The summed E-state index contributed by atoms with van der Waals surface area (Å²) < 4.78 is 13.8. The number of halogens is 2. The summed E-state index contributed by atoms with van der Waals surface area (Å²) in [7, 11) is 0. The van der Waals surface area contributed by atoms with E-state index in [1.54, 1.807) is 12.1 Å². The second-order valence-electron chi connectivity index (χ2n) is 2.35. The molecule has 1 aromatic heterocycles. The number of hydrogen-bond donors (Lipinski definition) is 0. The first-order valence-corrected chi connectivity index (χ1v) is 4.13. The molecule has 2 aromatic rings. The summed E-state index contributed by atoms with van der Waals surface area (Å²) in [4.78, 5) is 0. The van der Waals surface area contributed by atoms with Gasteiger partial charge in [0.15, 0.2) is 0 Å². The third kappa shape index (κ3) is 1.18. The molecule has 12 heavy (non-hydrogen) atoms. The molecule has 0 atom stereocenters. The summed E-state index contributed by atoms with van der Waals surface area (Å²) >= 11 is 3.18. The van der Waals surface area contributed by atoms with Crippen molar-refractivity contribution >= 4 is 26.8 Å². The number of fused-ring (bicyclic) bond motifs is 1. The molecule has 0 spiro atoms. The molecule has 2 rings (SSSR count). The molecule has 0 amide bonds. The maximum absolute atomic E-state index is 13.1. The van der Waals surface area contributed by atoms with Gasteiger partial charge in [-0.2, -0.15) is 10.2 Å². The van der Waals surface area contributed by atoms with Crippen molar-refractivity contribution in [3.63, 3.8) is 0 Å². The number of nitrogens with zero attached hydrogens (tertiary/aromatic N) is 2. The second kappa shape index (κ2) is 2.79. The lowest BCUT2D eigenvalue weighted by molar-refractivity contribution is 0.638. The van der Waals surface area contributed by atoms with Crippen LogP contribution in [-0.4, -0.2) is 10.2 Å². The topological polar surface area (TPSA) is 25.8 Å². The fourth-order valence-corrected chi connectivity index (χ4v) is 1.44. The van der Waals surface area contributed by atoms with E-state index in [4.69, 9.17) is 0 Å². The van der Waals surface area contributed by atoms with Gasteiger partial charge in [0, 0.05) is 9.86 Å². The van der Waals surface area contributed by atoms with Gasteiger partial charge in [-0.25, -0.2) is 4.39 Å². The van der Waals surface area contributed by atoms with Crippen LogP contribution < -0.4 is 0 Å². The molecule has 0 aliphatic carbocycles. The van der Waals surface area contributed by atoms with Crippen molar-refractivity contribution in [2.24, 2.45) is 0 Å². The van der Waals surface area contributed by atoms with E-state index in [1.165, 1.54) is 12.3 Å². The zero-order valence-electron chi connectivity index (χ0n) is 5.96. The molecule has 2 nitrogen and oxygen atoms in total. The van der Waals surface area contributed by atoms with Crippen LogP contribution in [0.4, 0.5) is 4.39 Å². The van der Waals surface area contributed by atoms with E-state index in [2.05, 4.69) is 26.1 Å². The molecule has 0 aliphatic heterocycles. The molecule has 60 valence electrons. The van der Waals surface area contributed by atoms with Crippen LogP contribution in [0, 0.1) is 5.82 Å². The van der Waals surface area contributed by atoms with Gasteiger partial charge in [0.25, 0.3) is 0 Å². The highest BCUT2D eigenvalue weighted by atomic mass is 79.9. The highest BCUT2D eigenvalue weighted by Gasteiger charge is 2.02. The van der Waals surface area contributed by atoms with Gasteiger partial charge in [-0.1, -0.05) is 15.9 Å². The Balaban J connectivity index is 2.89. The monoisotopic (exact) mass is 226 g/mol. The first-order valence-electron chi connectivity index (χ1n) is 3.34. The summed E-state index contributed by atoms with van der Waals surface area (Å²) in [5.41, 5.74) is 0.560. The molecule has 4 heteroatoms. The van der Waals surface area contributed by atoms with E-state index in [-0.39, 0.29) is 5.82 Å². The van der Waals surface area contributed by atoms with E-state index in [0.717, 1.165) is 0 Å². The van der Waals surface area contributed by atoms with Gasteiger partial charge in [0.05, 0.1) is 11.7 Å². The quantitative estimate of drug-likeness (QED) is 0.691. The Morgan fingerprint density at radius 1 is 1.33 bits per heavy atom. The molecular formula is C8H4BrFN2. The largest absolute Gasteiger partial charge is 0.206 e. The van der Waals surface area contributed by atoms with Crippen molar-refractivity contribution in [2.75, 3.05) is 0 Å². The van der Waals surface area contributed by atoms with Crippen LogP contribution in [0.2, 0.25) is 0 Å². The summed E-state index contributed by atoms with van der Waals surface area (Å²) in [5.74, 6) is -0.283. The van der Waals surface area contributed by atoms with Crippen LogP contribution in [0.3, 0.4) is 0 Å². The lowest BCUT2D eigenvalue weighted by atomic mass is 10.2. The van der Waals surface area contributed by atoms with Crippen LogP contribution in [-0.2, 0) is 0 Å². The molecule has 0 radical (unpaired) electrons. The second-order valence-corrected chi connectivity index (χ2v) is 3.27. The lowest BCUT2D eigenvalue weighted by Crippen LogP contribution is -1.85. The third-order valence-corrected chi connectivity index (χ3v) is 2.00. The van der Waals surface area contributed by atoms with E-state index in [0.29, 0.717) is 15.4 Å². The fourth-order valence-electron chi connectivity index (χ4n) is 1.02. The standard InChI is InChI=1S/C8H4BrFN2/c9-5-3-7(10)6-1-2-11-12-8(6)4-5/h1-4H. The molecule has 0 saturated carbocycles. The highest BCUT2D eigenvalue weighted by Crippen LogP contribution is 2.20. The van der Waals surface area contributed by atoms with E-state index >= 15 is 0 Å². The molecule has 0 unspecified atom stereocenters. The Bertz CT molecular complexity index is 430. The van der Waals surface area contributed by atoms with Crippen molar-refractivity contribution in [1.29, 1.82) is 0 Å². The Labute approximate surface area is 76.6 Å². The molecular weight excluding hydrogens is 223 g/mol. The van der Waals surface area contributed by atoms with Gasteiger partial charge < -0.3 is 0 Å². The Morgan fingerprint density at radius 2 is 2.17 bits per heavy atom. The summed E-state index contributed by atoms with van der Waals surface area (Å²) in [5, 5.41) is 7.93. The molecule has 0 N–H and O–H groups in total. The van der Waals surface area contributed by atoms with Gasteiger partial charge in [-0.15, -0.1) is 0 Å². The Hall–Kier alpha value is -1.03. The predicted molar refractivity (Wildman–Crippen MR) is 47.2 cm³/mol. The summed E-state index contributed by atoms with van der Waals surface area (Å²) in [6.45, 7) is 0. The van der Waals surface area contributed by atoms with Gasteiger partial charge in [-0.05, 0) is 18.2 Å². The SMILES string of the molecule is Fc1cc(Br)cc2nnccc12. The molecule has 0 bridgehead atoms. The smallest absolute Gasteiger partial charge is 0.133 e. The average molecular weight is 227 g/mol. The molecule has 0 aliphatic rings. The van der Waals surface area contributed by atoms with Crippen LogP contribution >= 0.6 is 15.9 Å². The zero-order valence-corrected chi connectivity index (χ0v) is 7.55. The van der Waals surface area contributed by atoms with Crippen molar-refractivity contribution in [2.45, 2.75) is 0 Å². The Kier molecular flexibility index (Phi) is 1.77. The highest BCUT2D eigenvalue weighted by molar-refractivity contribution is 9.10. The zero-order chi connectivity index (χ0) is 8.55. The number of benzene rings is 1. The third-order valence-electron chi connectivity index (χ3n) is 1.55. The maximum Gasteiger partial charge on any atom is 0.133 e. The minimum atomic E-state index is -0.283. The minimum Gasteiger partial charge on any atom is -0.206 e. The van der Waals surface area contributed by atoms with Crippen LogP contribution in [0.5, 0.6) is 0 Å². The van der Waals surface area contributed by atoms with Crippen molar-refractivity contribution in [3.05, 3.63) is 34.7 Å². The minimum absolute atomic E-state index is 0.283. The van der Waals surface area contributed by atoms with Crippen molar-refractivity contribution < 1.29 is 4.39 Å². The van der Waals surface area contributed by atoms with Crippen LogP contribution in [0.1, 0.15) is 0 Å². The van der Waals surface area contributed by atoms with E-state index in [1.807, 2.05) is 0 Å². The van der Waals surface area contributed by atoms with Crippen molar-refractivity contribution in [1.82, 2.24) is 10.2 Å². The van der Waals surface area contributed by atoms with E-state index < -0.39 is 0 Å². The van der Waals surface area contributed by atoms with Gasteiger partial charge in [0.1, 0.15) is 5.82 Å². The molecule has 0 saturated heterocycles. The van der Waals surface area contributed by atoms with Crippen molar-refractivity contribution in [3.8, 4) is 0 Å². The average Bonchev–Trinajstić information content (AvgIpc) is 2.04. The molecule has 0 fully saturated rings. The number of rotatable bonds is 0. The number of hydrogen-bond acceptors (Lipinski definition) is 2. The fraction of sp³-hybridized carbons (Fsp3) is 0. The lowest BCUT2D eigenvalue weighted by Gasteiger charge is -1.97.